The van der Waals surface area contributed by atoms with Crippen LogP contribution in [0.3, 0.4) is 0 Å². The van der Waals surface area contributed by atoms with Crippen molar-refractivity contribution in [1.29, 1.82) is 0 Å². The second-order valence-electron chi connectivity index (χ2n) is 5.23. The van der Waals surface area contributed by atoms with E-state index in [0.717, 1.165) is 12.8 Å². The van der Waals surface area contributed by atoms with E-state index >= 15 is 0 Å². The highest BCUT2D eigenvalue weighted by molar-refractivity contribution is 7.91. The molecule has 0 radical (unpaired) electrons. The van der Waals surface area contributed by atoms with E-state index in [2.05, 4.69) is 6.92 Å². The number of hydrogen-bond acceptors (Lipinski definition) is 3. The first-order valence-electron chi connectivity index (χ1n) is 6.32. The smallest absolute Gasteiger partial charge is 0.151 e. The van der Waals surface area contributed by atoms with Crippen molar-refractivity contribution in [2.45, 2.75) is 57.2 Å². The molecule has 1 fully saturated rings. The predicted molar refractivity (Wildman–Crippen MR) is 68.0 cm³/mol. The summed E-state index contributed by atoms with van der Waals surface area (Å²) < 4.78 is 23.1. The molecule has 0 aliphatic heterocycles. The van der Waals surface area contributed by atoms with Gasteiger partial charge in [0.1, 0.15) is 0 Å². The minimum atomic E-state index is -3.01. The average molecular weight is 247 g/mol. The largest absolute Gasteiger partial charge is 0.326 e. The van der Waals surface area contributed by atoms with Crippen LogP contribution in [-0.4, -0.2) is 26.0 Å². The van der Waals surface area contributed by atoms with E-state index in [1.165, 1.54) is 25.5 Å². The zero-order chi connectivity index (χ0) is 12.3. The maximum Gasteiger partial charge on any atom is 0.151 e. The average Bonchev–Trinajstić information content (AvgIpc) is 2.25. The summed E-state index contributed by atoms with van der Waals surface area (Å²) in [5, 5.41) is -0.412. The summed E-state index contributed by atoms with van der Waals surface area (Å²) in [6.45, 7) is 3.93. The molecule has 0 aromatic carbocycles. The molecule has 0 amide bonds. The Morgan fingerprint density at radius 3 is 2.38 bits per heavy atom. The normalized spacial score (nSPS) is 31.0. The molecule has 0 aromatic rings. The Bertz CT molecular complexity index is 313. The maximum atomic E-state index is 11.5. The number of hydrogen-bond donors (Lipinski definition) is 1. The van der Waals surface area contributed by atoms with Gasteiger partial charge in [-0.25, -0.2) is 8.42 Å². The van der Waals surface area contributed by atoms with E-state index in [1.54, 1.807) is 6.92 Å². The standard InChI is InChI=1S/C12H25NO2S/c1-4-10-7-5-6-8-11(10)12(13)9(2)16(3,14)15/h9-12H,4-8,13H2,1-3H3. The van der Waals surface area contributed by atoms with Gasteiger partial charge in [-0.3, -0.25) is 0 Å². The third-order valence-electron chi connectivity index (χ3n) is 4.20. The first-order valence-corrected chi connectivity index (χ1v) is 8.27. The van der Waals surface area contributed by atoms with Gasteiger partial charge in [0.2, 0.25) is 0 Å². The molecule has 0 saturated heterocycles. The van der Waals surface area contributed by atoms with Crippen LogP contribution in [0.1, 0.15) is 46.0 Å². The number of nitrogens with two attached hydrogens (primary N) is 1. The summed E-state index contributed by atoms with van der Waals surface area (Å²) in [5.74, 6) is 1.01. The van der Waals surface area contributed by atoms with Crippen LogP contribution in [-0.2, 0) is 9.84 Å². The molecular formula is C12H25NO2S. The van der Waals surface area contributed by atoms with E-state index in [1.807, 2.05) is 0 Å². The minimum Gasteiger partial charge on any atom is -0.326 e. The van der Waals surface area contributed by atoms with Crippen LogP contribution in [0.4, 0.5) is 0 Å². The Morgan fingerprint density at radius 1 is 1.31 bits per heavy atom. The van der Waals surface area contributed by atoms with Gasteiger partial charge in [-0.15, -0.1) is 0 Å². The van der Waals surface area contributed by atoms with Gasteiger partial charge in [0.15, 0.2) is 9.84 Å². The fourth-order valence-electron chi connectivity index (χ4n) is 2.88. The molecule has 4 atom stereocenters. The van der Waals surface area contributed by atoms with Gasteiger partial charge in [-0.1, -0.05) is 32.6 Å². The van der Waals surface area contributed by atoms with Crippen molar-refractivity contribution in [2.75, 3.05) is 6.26 Å². The number of rotatable bonds is 4. The van der Waals surface area contributed by atoms with E-state index in [-0.39, 0.29) is 6.04 Å². The molecule has 16 heavy (non-hydrogen) atoms. The third kappa shape index (κ3) is 3.20. The molecule has 1 aliphatic carbocycles. The lowest BCUT2D eigenvalue weighted by atomic mass is 9.73. The third-order valence-corrected chi connectivity index (χ3v) is 5.87. The Labute approximate surface area is 99.7 Å². The molecule has 96 valence electrons. The first-order chi connectivity index (χ1) is 7.38. The molecule has 0 aromatic heterocycles. The summed E-state index contributed by atoms with van der Waals surface area (Å²) in [6.07, 6.45) is 7.20. The van der Waals surface area contributed by atoms with Crippen molar-refractivity contribution in [3.63, 3.8) is 0 Å². The predicted octanol–water partition coefficient (Wildman–Crippen LogP) is 1.96. The van der Waals surface area contributed by atoms with Crippen LogP contribution in [0.5, 0.6) is 0 Å². The Morgan fingerprint density at radius 2 is 1.88 bits per heavy atom. The van der Waals surface area contributed by atoms with Crippen LogP contribution >= 0.6 is 0 Å². The molecule has 1 rings (SSSR count). The lowest BCUT2D eigenvalue weighted by Crippen LogP contribution is -2.47. The van der Waals surface area contributed by atoms with E-state index < -0.39 is 15.1 Å². The Hall–Kier alpha value is -0.0900. The van der Waals surface area contributed by atoms with Crippen molar-refractivity contribution in [1.82, 2.24) is 0 Å². The lowest BCUT2D eigenvalue weighted by molar-refractivity contribution is 0.194. The summed E-state index contributed by atoms with van der Waals surface area (Å²) in [7, 11) is -3.01. The van der Waals surface area contributed by atoms with Gasteiger partial charge in [0, 0.05) is 12.3 Å². The van der Waals surface area contributed by atoms with Gasteiger partial charge >= 0.3 is 0 Å². The molecule has 4 unspecified atom stereocenters. The molecule has 3 nitrogen and oxygen atoms in total. The molecule has 2 N–H and O–H groups in total. The highest BCUT2D eigenvalue weighted by Crippen LogP contribution is 2.35. The second kappa shape index (κ2) is 5.50. The first kappa shape index (κ1) is 14.0. The molecule has 1 saturated carbocycles. The fraction of sp³-hybridized carbons (Fsp3) is 1.00. The van der Waals surface area contributed by atoms with Gasteiger partial charge < -0.3 is 5.73 Å². The zero-order valence-corrected chi connectivity index (χ0v) is 11.5. The fourth-order valence-corrected chi connectivity index (χ4v) is 3.66. The molecule has 0 heterocycles. The second-order valence-corrected chi connectivity index (χ2v) is 7.63. The van der Waals surface area contributed by atoms with E-state index in [4.69, 9.17) is 5.73 Å². The van der Waals surface area contributed by atoms with Crippen LogP contribution < -0.4 is 5.73 Å². The quantitative estimate of drug-likeness (QED) is 0.826. The topological polar surface area (TPSA) is 60.2 Å². The van der Waals surface area contributed by atoms with Crippen LogP contribution in [0.2, 0.25) is 0 Å². The lowest BCUT2D eigenvalue weighted by Gasteiger charge is -2.37. The van der Waals surface area contributed by atoms with Gasteiger partial charge in [0.05, 0.1) is 5.25 Å². The zero-order valence-electron chi connectivity index (χ0n) is 10.6. The summed E-state index contributed by atoms with van der Waals surface area (Å²) in [5.41, 5.74) is 6.16. The highest BCUT2D eigenvalue weighted by atomic mass is 32.2. The van der Waals surface area contributed by atoms with Crippen LogP contribution in [0.15, 0.2) is 0 Å². The Kier molecular flexibility index (Phi) is 4.80. The molecular weight excluding hydrogens is 222 g/mol. The van der Waals surface area contributed by atoms with Crippen molar-refractivity contribution < 1.29 is 8.42 Å². The highest BCUT2D eigenvalue weighted by Gasteiger charge is 2.34. The molecule has 0 spiro atoms. The summed E-state index contributed by atoms with van der Waals surface area (Å²) in [6, 6.07) is -0.194. The van der Waals surface area contributed by atoms with Crippen molar-refractivity contribution >= 4 is 9.84 Å². The van der Waals surface area contributed by atoms with E-state index in [9.17, 15) is 8.42 Å². The SMILES string of the molecule is CCC1CCCCC1C(N)C(C)S(C)(=O)=O. The van der Waals surface area contributed by atoms with Gasteiger partial charge in [-0.05, 0) is 25.2 Å². The summed E-state index contributed by atoms with van der Waals surface area (Å²) in [4.78, 5) is 0. The molecule has 1 aliphatic rings. The van der Waals surface area contributed by atoms with Gasteiger partial charge in [-0.2, -0.15) is 0 Å². The number of sulfone groups is 1. The van der Waals surface area contributed by atoms with Crippen molar-refractivity contribution in [3.8, 4) is 0 Å². The van der Waals surface area contributed by atoms with Crippen molar-refractivity contribution in [3.05, 3.63) is 0 Å². The Balaban J connectivity index is 2.74. The summed E-state index contributed by atoms with van der Waals surface area (Å²) >= 11 is 0. The maximum absolute atomic E-state index is 11.5. The van der Waals surface area contributed by atoms with E-state index in [0.29, 0.717) is 11.8 Å². The molecule has 0 bridgehead atoms. The van der Waals surface area contributed by atoms with Crippen LogP contribution in [0.25, 0.3) is 0 Å². The van der Waals surface area contributed by atoms with Gasteiger partial charge in [0.25, 0.3) is 0 Å². The molecule has 4 heteroatoms. The van der Waals surface area contributed by atoms with Crippen molar-refractivity contribution in [2.24, 2.45) is 17.6 Å². The monoisotopic (exact) mass is 247 g/mol. The minimum absolute atomic E-state index is 0.194. The van der Waals surface area contributed by atoms with Crippen LogP contribution in [0, 0.1) is 11.8 Å².